The number of hydrogen-bond acceptors (Lipinski definition) is 5. The van der Waals surface area contributed by atoms with Gasteiger partial charge in [0.25, 0.3) is 5.56 Å². The first-order chi connectivity index (χ1) is 13.6. The minimum absolute atomic E-state index is 0.249. The number of hydrogen-bond donors (Lipinski definition) is 1. The third kappa shape index (κ3) is 3.64. The molecule has 1 aliphatic rings. The molecule has 29 heavy (non-hydrogen) atoms. The fourth-order valence-corrected chi connectivity index (χ4v) is 3.76. The number of H-pyrrole nitrogens is 1. The lowest BCUT2D eigenvalue weighted by molar-refractivity contribution is -0.00265. The van der Waals surface area contributed by atoms with Crippen LogP contribution < -0.4 is 5.56 Å². The van der Waals surface area contributed by atoms with Crippen LogP contribution >= 0.6 is 12.2 Å². The van der Waals surface area contributed by atoms with Crippen molar-refractivity contribution in [2.24, 2.45) is 5.92 Å². The van der Waals surface area contributed by atoms with Crippen molar-refractivity contribution in [2.45, 2.75) is 39.3 Å². The Morgan fingerprint density at radius 1 is 1.38 bits per heavy atom. The number of aryl methyl sites for hydroxylation is 1. The topological polar surface area (TPSA) is 84.6 Å². The second-order valence-electron chi connectivity index (χ2n) is 8.32. The molecule has 2 aromatic heterocycles. The number of aromatic nitrogens is 4. The van der Waals surface area contributed by atoms with Crippen LogP contribution in [0.1, 0.15) is 27.2 Å². The summed E-state index contributed by atoms with van der Waals surface area (Å²) in [5.41, 5.74) is -0.328. The third-order valence-electron chi connectivity index (χ3n) is 4.94. The van der Waals surface area contributed by atoms with E-state index in [2.05, 4.69) is 10.2 Å². The number of aromatic amines is 1. The zero-order chi connectivity index (χ0) is 20.9. The van der Waals surface area contributed by atoms with Gasteiger partial charge in [-0.15, -0.1) is 5.10 Å². The normalized spacial score (nSPS) is 15.1. The van der Waals surface area contributed by atoms with Gasteiger partial charge in [0.15, 0.2) is 0 Å². The quantitative estimate of drug-likeness (QED) is 0.660. The van der Waals surface area contributed by atoms with E-state index in [-0.39, 0.29) is 23.0 Å². The van der Waals surface area contributed by atoms with Crippen LogP contribution in [0.5, 0.6) is 0 Å². The van der Waals surface area contributed by atoms with Gasteiger partial charge in [-0.3, -0.25) is 13.8 Å². The highest BCUT2D eigenvalue weighted by atomic mass is 32.1. The molecule has 8 nitrogen and oxygen atoms in total. The summed E-state index contributed by atoms with van der Waals surface area (Å²) in [4.78, 5) is 26.7. The Labute approximate surface area is 170 Å². The van der Waals surface area contributed by atoms with Crippen LogP contribution in [0.4, 0.5) is 9.18 Å². The van der Waals surface area contributed by atoms with Crippen molar-refractivity contribution in [1.82, 2.24) is 24.1 Å². The fraction of sp³-hybridized carbons (Fsp3) is 0.474. The van der Waals surface area contributed by atoms with Crippen molar-refractivity contribution >= 4 is 35.0 Å². The first-order valence-electron chi connectivity index (χ1n) is 9.41. The van der Waals surface area contributed by atoms with E-state index in [0.717, 1.165) is 0 Å². The van der Waals surface area contributed by atoms with E-state index in [9.17, 15) is 14.0 Å². The lowest BCUT2D eigenvalue weighted by atomic mass is 9.97. The highest BCUT2D eigenvalue weighted by Gasteiger charge is 2.33. The smallest absolute Gasteiger partial charge is 0.410 e. The molecule has 3 heterocycles. The number of rotatable bonds is 3. The molecule has 10 heteroatoms. The molecule has 0 unspecified atom stereocenters. The summed E-state index contributed by atoms with van der Waals surface area (Å²) in [7, 11) is 0. The van der Waals surface area contributed by atoms with Gasteiger partial charge in [0.2, 0.25) is 10.5 Å². The molecule has 1 fully saturated rings. The minimum Gasteiger partial charge on any atom is -0.444 e. The molecule has 0 saturated carbocycles. The van der Waals surface area contributed by atoms with Gasteiger partial charge in [0.05, 0.1) is 10.9 Å². The molecule has 4 rings (SSSR count). The Balaban J connectivity index is 1.55. The number of ether oxygens (including phenoxy) is 1. The summed E-state index contributed by atoms with van der Waals surface area (Å²) in [6, 6.07) is 4.04. The number of nitrogens with zero attached hydrogens (tertiary/aromatic N) is 4. The van der Waals surface area contributed by atoms with Crippen molar-refractivity contribution in [3.8, 4) is 0 Å². The zero-order valence-electron chi connectivity index (χ0n) is 16.4. The minimum atomic E-state index is -0.527. The maximum Gasteiger partial charge on any atom is 0.410 e. The summed E-state index contributed by atoms with van der Waals surface area (Å²) in [6.45, 7) is 7.04. The second-order valence-corrected chi connectivity index (χ2v) is 8.71. The Bertz CT molecular complexity index is 1220. The maximum atomic E-state index is 13.7. The van der Waals surface area contributed by atoms with Crippen LogP contribution in [-0.2, 0) is 11.3 Å². The second kappa shape index (κ2) is 6.94. The van der Waals surface area contributed by atoms with Gasteiger partial charge in [-0.25, -0.2) is 14.3 Å². The largest absolute Gasteiger partial charge is 0.444 e. The predicted octanol–water partition coefficient (Wildman–Crippen LogP) is 3.10. The first kappa shape index (κ1) is 19.6. The molecule has 1 aliphatic heterocycles. The van der Waals surface area contributed by atoms with Crippen LogP contribution in [0.2, 0.25) is 0 Å². The molecule has 154 valence electrons. The third-order valence-corrected chi connectivity index (χ3v) is 5.21. The lowest BCUT2D eigenvalue weighted by Gasteiger charge is -2.39. The maximum absolute atomic E-state index is 13.7. The van der Waals surface area contributed by atoms with Crippen LogP contribution in [0.15, 0.2) is 23.0 Å². The molecule has 0 aliphatic carbocycles. The predicted molar refractivity (Wildman–Crippen MR) is 108 cm³/mol. The van der Waals surface area contributed by atoms with Gasteiger partial charge in [-0.1, -0.05) is 0 Å². The van der Waals surface area contributed by atoms with Gasteiger partial charge in [-0.05, 0) is 63.5 Å². The summed E-state index contributed by atoms with van der Waals surface area (Å²) >= 11 is 5.29. The monoisotopic (exact) mass is 419 g/mol. The van der Waals surface area contributed by atoms with E-state index in [1.807, 2.05) is 20.8 Å². The number of amides is 1. The van der Waals surface area contributed by atoms with Gasteiger partial charge in [0.1, 0.15) is 11.4 Å². The van der Waals surface area contributed by atoms with E-state index in [1.165, 1.54) is 22.8 Å². The fourth-order valence-electron chi connectivity index (χ4n) is 3.54. The first-order valence-corrected chi connectivity index (χ1v) is 9.82. The van der Waals surface area contributed by atoms with E-state index in [0.29, 0.717) is 42.1 Å². The van der Waals surface area contributed by atoms with Crippen LogP contribution in [0.25, 0.3) is 16.7 Å². The zero-order valence-corrected chi connectivity index (χ0v) is 17.3. The van der Waals surface area contributed by atoms with E-state index < -0.39 is 11.4 Å². The average Bonchev–Trinajstić information content (AvgIpc) is 2.96. The number of fused-ring (bicyclic) bond motifs is 3. The molecule has 1 N–H and O–H groups in total. The molecule has 1 amide bonds. The number of nitrogens with one attached hydrogen (secondary N) is 1. The molecule has 3 aromatic rings. The Morgan fingerprint density at radius 2 is 2.10 bits per heavy atom. The summed E-state index contributed by atoms with van der Waals surface area (Å²) < 4.78 is 22.6. The number of carbonyl (C=O) groups excluding carboxylic acids is 1. The Hall–Kier alpha value is -2.75. The standard InChI is InChI=1S/C19H22FN5O3S/c1-19(2,3)28-18(27)23-9-11(10-23)6-7-24-15(26)13-8-12(20)4-5-14(13)25-16(24)21-22-17(25)29/h4-5,8,11H,6-7,9-10H2,1-3H3,(H,22,29). The molecular formula is C19H22FN5O3S. The Kier molecular flexibility index (Phi) is 4.68. The van der Waals surface area contributed by atoms with Crippen LogP contribution in [-0.4, -0.2) is 48.8 Å². The van der Waals surface area contributed by atoms with Crippen molar-refractivity contribution < 1.29 is 13.9 Å². The van der Waals surface area contributed by atoms with Crippen LogP contribution in [0.3, 0.4) is 0 Å². The van der Waals surface area contributed by atoms with Gasteiger partial charge in [-0.2, -0.15) is 0 Å². The van der Waals surface area contributed by atoms with Crippen molar-refractivity contribution in [2.75, 3.05) is 13.1 Å². The average molecular weight is 419 g/mol. The summed E-state index contributed by atoms with van der Waals surface area (Å²) in [5.74, 6) is 0.157. The van der Waals surface area contributed by atoms with Gasteiger partial charge in [0, 0.05) is 19.6 Å². The van der Waals surface area contributed by atoms with Crippen molar-refractivity contribution in [3.05, 3.63) is 39.1 Å². The van der Waals surface area contributed by atoms with E-state index >= 15 is 0 Å². The van der Waals surface area contributed by atoms with E-state index in [4.69, 9.17) is 17.0 Å². The van der Waals surface area contributed by atoms with Gasteiger partial charge < -0.3 is 9.64 Å². The number of halogens is 1. The number of carbonyl (C=O) groups is 1. The lowest BCUT2D eigenvalue weighted by Crippen LogP contribution is -2.51. The SMILES string of the molecule is CC(C)(C)OC(=O)N1CC(CCn2c(=O)c3cc(F)ccc3n3c(=S)[nH]nc23)C1. The molecular weight excluding hydrogens is 397 g/mol. The molecule has 1 saturated heterocycles. The van der Waals surface area contributed by atoms with Gasteiger partial charge >= 0.3 is 6.09 Å². The van der Waals surface area contributed by atoms with Crippen molar-refractivity contribution in [3.63, 3.8) is 0 Å². The van der Waals surface area contributed by atoms with E-state index in [1.54, 1.807) is 9.30 Å². The summed E-state index contributed by atoms with van der Waals surface area (Å²) in [6.07, 6.45) is 0.350. The molecule has 0 radical (unpaired) electrons. The number of benzene rings is 1. The summed E-state index contributed by atoms with van der Waals surface area (Å²) in [5, 5.41) is 7.14. The molecule has 1 aromatic carbocycles. The number of likely N-dealkylation sites (tertiary alicyclic amines) is 1. The highest BCUT2D eigenvalue weighted by Crippen LogP contribution is 2.23. The Morgan fingerprint density at radius 3 is 2.79 bits per heavy atom. The molecule has 0 spiro atoms. The molecule has 0 atom stereocenters. The molecule has 0 bridgehead atoms. The highest BCUT2D eigenvalue weighted by molar-refractivity contribution is 7.71. The van der Waals surface area contributed by atoms with Crippen molar-refractivity contribution in [1.29, 1.82) is 0 Å². The van der Waals surface area contributed by atoms with Crippen LogP contribution in [0, 0.1) is 16.5 Å².